The minimum absolute atomic E-state index is 0.0863. The fourth-order valence-electron chi connectivity index (χ4n) is 7.48. The molecule has 246 valence electrons. The lowest BCUT2D eigenvalue weighted by molar-refractivity contribution is -0.118. The molecule has 3 N–H and O–H groups in total. The third-order valence-corrected chi connectivity index (χ3v) is 9.82. The van der Waals surface area contributed by atoms with Crippen molar-refractivity contribution in [2.24, 2.45) is 10.8 Å². The molecule has 1 aliphatic heterocycles. The van der Waals surface area contributed by atoms with E-state index in [9.17, 15) is 20.1 Å². The molecule has 0 aromatic carbocycles. The van der Waals surface area contributed by atoms with Crippen molar-refractivity contribution in [1.82, 2.24) is 0 Å². The van der Waals surface area contributed by atoms with Crippen LogP contribution in [-0.2, 0) is 9.53 Å². The molecule has 3 rings (SSSR count). The van der Waals surface area contributed by atoms with Gasteiger partial charge in [0.25, 0.3) is 0 Å². The molecule has 0 radical (unpaired) electrons. The third kappa shape index (κ3) is 8.93. The summed E-state index contributed by atoms with van der Waals surface area (Å²) in [5.41, 5.74) is 5.48. The van der Waals surface area contributed by atoms with Crippen LogP contribution in [0.25, 0.3) is 0 Å². The normalized spacial score (nSPS) is 33.9. The first-order chi connectivity index (χ1) is 20.7. The van der Waals surface area contributed by atoms with Crippen molar-refractivity contribution < 1.29 is 24.9 Å². The molecule has 45 heavy (non-hydrogen) atoms. The number of carbonyl (C=O) groups is 1. The first-order valence-corrected chi connectivity index (χ1v) is 16.2. The molecular weight excluding hydrogens is 560 g/mol. The molecule has 2 aliphatic carbocycles. The highest BCUT2D eigenvalue weighted by Gasteiger charge is 2.76. The van der Waals surface area contributed by atoms with Crippen LogP contribution in [0.3, 0.4) is 0 Å². The molecule has 0 aromatic heterocycles. The van der Waals surface area contributed by atoms with Gasteiger partial charge >= 0.3 is 0 Å². The molecule has 0 aromatic rings. The van der Waals surface area contributed by atoms with Gasteiger partial charge in [-0.05, 0) is 82.4 Å². The molecule has 1 heterocycles. The van der Waals surface area contributed by atoms with E-state index < -0.39 is 22.9 Å². The van der Waals surface area contributed by atoms with Crippen LogP contribution in [0, 0.1) is 10.8 Å². The highest BCUT2D eigenvalue weighted by molar-refractivity contribution is 5.96. The second-order valence-corrected chi connectivity index (χ2v) is 15.3. The molecular formula is C40H56O5. The van der Waals surface area contributed by atoms with Gasteiger partial charge in [-0.1, -0.05) is 99.6 Å². The second kappa shape index (κ2) is 13.9. The van der Waals surface area contributed by atoms with Gasteiger partial charge in [0.15, 0.2) is 5.78 Å². The number of aliphatic hydroxyl groups excluding tert-OH is 2. The summed E-state index contributed by atoms with van der Waals surface area (Å²) >= 11 is 0. The van der Waals surface area contributed by atoms with E-state index in [0.29, 0.717) is 37.7 Å². The fraction of sp³-hybridized carbons (Fsp3) is 0.550. The van der Waals surface area contributed by atoms with E-state index in [1.54, 1.807) is 6.92 Å². The van der Waals surface area contributed by atoms with Crippen molar-refractivity contribution in [2.45, 2.75) is 130 Å². The number of epoxide rings is 1. The van der Waals surface area contributed by atoms with E-state index >= 15 is 0 Å². The number of fused-ring (bicyclic) bond motifs is 1. The Balaban J connectivity index is 1.53. The maximum Gasteiger partial charge on any atom is 0.161 e. The molecule has 4 unspecified atom stereocenters. The maximum atomic E-state index is 13.1. The summed E-state index contributed by atoms with van der Waals surface area (Å²) in [4.78, 5) is 13.1. The smallest absolute Gasteiger partial charge is 0.161 e. The van der Waals surface area contributed by atoms with Gasteiger partial charge in [-0.15, -0.1) is 5.73 Å². The number of hydrogen-bond donors (Lipinski definition) is 3. The van der Waals surface area contributed by atoms with E-state index in [4.69, 9.17) is 4.74 Å². The van der Waals surface area contributed by atoms with Crippen LogP contribution < -0.4 is 0 Å². The van der Waals surface area contributed by atoms with Crippen LogP contribution in [0.15, 0.2) is 100 Å². The van der Waals surface area contributed by atoms with Crippen molar-refractivity contribution in [3.8, 4) is 0 Å². The van der Waals surface area contributed by atoms with Gasteiger partial charge in [0, 0.05) is 24.8 Å². The minimum Gasteiger partial charge on any atom is -0.393 e. The average molecular weight is 617 g/mol. The second-order valence-electron chi connectivity index (χ2n) is 15.3. The Morgan fingerprint density at radius 1 is 0.778 bits per heavy atom. The molecule has 0 amide bonds. The summed E-state index contributed by atoms with van der Waals surface area (Å²) < 4.78 is 6.18. The Bertz CT molecular complexity index is 1400. The summed E-state index contributed by atoms with van der Waals surface area (Å²) in [6.07, 6.45) is 23.4. The summed E-state index contributed by atoms with van der Waals surface area (Å²) in [5.74, 6) is 0.0863. The lowest BCUT2D eigenvalue weighted by Crippen LogP contribution is -2.48. The number of allylic oxidation sites excluding steroid dienone is 14. The summed E-state index contributed by atoms with van der Waals surface area (Å²) in [7, 11) is 0. The van der Waals surface area contributed by atoms with Crippen molar-refractivity contribution in [1.29, 1.82) is 0 Å². The number of aliphatic hydroxyl groups is 3. The quantitative estimate of drug-likeness (QED) is 0.0998. The van der Waals surface area contributed by atoms with Crippen molar-refractivity contribution >= 4 is 5.78 Å². The van der Waals surface area contributed by atoms with Gasteiger partial charge < -0.3 is 20.1 Å². The van der Waals surface area contributed by atoms with Crippen LogP contribution >= 0.6 is 0 Å². The average Bonchev–Trinajstić information content (AvgIpc) is 3.49. The zero-order chi connectivity index (χ0) is 33.8. The molecule has 3 fully saturated rings. The Labute approximate surface area is 271 Å². The van der Waals surface area contributed by atoms with Gasteiger partial charge in [-0.25, -0.2) is 0 Å². The molecule has 3 aliphatic rings. The Morgan fingerprint density at radius 2 is 1.31 bits per heavy atom. The summed E-state index contributed by atoms with van der Waals surface area (Å²) in [6, 6.07) is 0. The minimum atomic E-state index is -1.07. The predicted molar refractivity (Wildman–Crippen MR) is 185 cm³/mol. The molecule has 0 bridgehead atoms. The molecule has 5 atom stereocenters. The van der Waals surface area contributed by atoms with Gasteiger partial charge in [-0.2, -0.15) is 0 Å². The van der Waals surface area contributed by atoms with Gasteiger partial charge in [0.05, 0.1) is 23.4 Å². The lowest BCUT2D eigenvalue weighted by Gasteiger charge is -2.43. The van der Waals surface area contributed by atoms with E-state index in [1.807, 2.05) is 115 Å². The van der Waals surface area contributed by atoms with E-state index in [2.05, 4.69) is 19.6 Å². The first kappa shape index (κ1) is 36.7. The van der Waals surface area contributed by atoms with Crippen LogP contribution in [0.1, 0.15) is 101 Å². The van der Waals surface area contributed by atoms with Crippen molar-refractivity contribution in [3.63, 3.8) is 0 Å². The predicted octanol–water partition coefficient (Wildman–Crippen LogP) is 8.12. The maximum absolute atomic E-state index is 13.1. The highest BCUT2D eigenvalue weighted by Crippen LogP contribution is 2.67. The van der Waals surface area contributed by atoms with E-state index in [0.717, 1.165) is 22.3 Å². The Hall–Kier alpha value is -2.79. The van der Waals surface area contributed by atoms with E-state index in [-0.39, 0.29) is 22.7 Å². The number of ketones is 1. The fourth-order valence-corrected chi connectivity index (χ4v) is 7.48. The summed E-state index contributed by atoms with van der Waals surface area (Å²) in [5, 5.41) is 31.2. The van der Waals surface area contributed by atoms with Crippen molar-refractivity contribution in [3.05, 3.63) is 100 Å². The van der Waals surface area contributed by atoms with Crippen molar-refractivity contribution in [2.75, 3.05) is 0 Å². The number of Topliss-reactive ketones (excluding diaryl/α,β-unsaturated/α-hetero) is 1. The zero-order valence-corrected chi connectivity index (χ0v) is 29.2. The summed E-state index contributed by atoms with van der Waals surface area (Å²) in [6.45, 7) is 20.0. The van der Waals surface area contributed by atoms with E-state index in [1.165, 1.54) is 0 Å². The Morgan fingerprint density at radius 3 is 1.87 bits per heavy atom. The highest BCUT2D eigenvalue weighted by atomic mass is 16.6. The van der Waals surface area contributed by atoms with Crippen LogP contribution in [0.4, 0.5) is 0 Å². The van der Waals surface area contributed by atoms with Gasteiger partial charge in [0.2, 0.25) is 0 Å². The van der Waals surface area contributed by atoms with Crippen LogP contribution in [0.2, 0.25) is 0 Å². The van der Waals surface area contributed by atoms with Gasteiger partial charge in [0.1, 0.15) is 5.60 Å². The largest absolute Gasteiger partial charge is 0.393 e. The molecule has 5 heteroatoms. The van der Waals surface area contributed by atoms with Crippen LogP contribution in [0.5, 0.6) is 0 Å². The third-order valence-electron chi connectivity index (χ3n) is 9.82. The number of rotatable bonds is 10. The zero-order valence-electron chi connectivity index (χ0n) is 29.2. The molecule has 2 saturated carbocycles. The van der Waals surface area contributed by atoms with Crippen LogP contribution in [-0.4, -0.2) is 50.1 Å². The molecule has 5 nitrogen and oxygen atoms in total. The first-order valence-electron chi connectivity index (χ1n) is 16.2. The SMILES string of the molecule is CC(C=C=C1C(C)(C)CC(O)C[C@@]1(C)O)=CC=CC(C)=CC=CC=C(C)C=CC=C(C)C(=O)CC12OC1(C)CC(O)CC2(C)C. The van der Waals surface area contributed by atoms with Gasteiger partial charge in [-0.3, -0.25) is 4.79 Å². The topological polar surface area (TPSA) is 90.3 Å². The number of ether oxygens (including phenoxy) is 1. The lowest BCUT2D eigenvalue weighted by atomic mass is 9.61. The number of hydrogen-bond acceptors (Lipinski definition) is 5. The molecule has 1 saturated heterocycles. The standard InChI is InChI=1S/C40H56O5/c1-28(17-13-18-30(3)21-22-35-36(5,6)23-32(41)25-38(35,9)44)15-11-12-16-29(2)19-14-20-31(4)34(43)27-40-37(7,8)24-33(42)26-39(40,10)45-40/h11-21,32-33,41-42,44H,23-27H2,1-10H3/t22?,32?,33?,38-,39?,40?/m1/s1. The monoisotopic (exact) mass is 616 g/mol. The number of carbonyl (C=O) groups excluding carboxylic acids is 1. The Kier molecular flexibility index (Phi) is 11.3. The molecule has 0 spiro atoms.